The molecule has 0 atom stereocenters. The van der Waals surface area contributed by atoms with Crippen molar-refractivity contribution in [2.24, 2.45) is 0 Å². The van der Waals surface area contributed by atoms with Crippen LogP contribution in [0.4, 0.5) is 0 Å². The van der Waals surface area contributed by atoms with Crippen molar-refractivity contribution in [3.05, 3.63) is 170 Å². The number of hydrogen-bond acceptors (Lipinski definition) is 3. The summed E-state index contributed by atoms with van der Waals surface area (Å²) in [5.74, 6) is 0.879. The van der Waals surface area contributed by atoms with Crippen molar-refractivity contribution >= 4 is 10.8 Å². The molecule has 47 heavy (non-hydrogen) atoms. The number of imidazole rings is 1. The maximum atomic E-state index is 10.7. The van der Waals surface area contributed by atoms with Gasteiger partial charge in [0, 0.05) is 49.6 Å². The Labute approximate surface area is 287 Å². The summed E-state index contributed by atoms with van der Waals surface area (Å²) in [5, 5.41) is 12.8. The Morgan fingerprint density at radius 1 is 0.489 bits per heavy atom. The zero-order valence-corrected chi connectivity index (χ0v) is 27.5. The Hall–Kier alpha value is -5.57. The predicted molar refractivity (Wildman–Crippen MR) is 187 cm³/mol. The number of aromatic nitrogens is 3. The van der Waals surface area contributed by atoms with Gasteiger partial charge in [0.1, 0.15) is 11.4 Å². The molecule has 0 saturated carbocycles. The Morgan fingerprint density at radius 3 is 1.79 bits per heavy atom. The minimum Gasteiger partial charge on any atom is -0.507 e. The van der Waals surface area contributed by atoms with Crippen molar-refractivity contribution in [1.29, 1.82) is 0 Å². The SMILES string of the molecule is Oc1ccccc1-c1cccc(-c2nc(-c3cccc4ccc[c-]c34)cn2-c2c(-c3ccccc3)cccc2-c2ccccc2)n1.[Pt]. The van der Waals surface area contributed by atoms with E-state index in [9.17, 15) is 5.11 Å². The van der Waals surface area contributed by atoms with E-state index in [1.54, 1.807) is 6.07 Å². The van der Waals surface area contributed by atoms with Gasteiger partial charge in [-0.25, -0.2) is 9.97 Å². The minimum absolute atomic E-state index is 0. The standard InChI is InChI=1S/C42H28N3O.Pt/c46-40-27-10-9-21-36(40)37-25-13-26-38(43-37)42-44-39(35-24-11-19-29-18-7-8-20-32(29)35)28-45(42)41-33(30-14-3-1-4-15-30)22-12-23-34(41)31-16-5-2-6-17-31;/h1-19,21-28,46H;/q-1;. The van der Waals surface area contributed by atoms with E-state index in [-0.39, 0.29) is 26.8 Å². The molecule has 0 fully saturated rings. The van der Waals surface area contributed by atoms with Gasteiger partial charge in [-0.15, -0.1) is 35.0 Å². The van der Waals surface area contributed by atoms with E-state index >= 15 is 0 Å². The summed E-state index contributed by atoms with van der Waals surface area (Å²) in [6.07, 6.45) is 2.12. The maximum Gasteiger partial charge on any atom is 0.163 e. The zero-order valence-electron chi connectivity index (χ0n) is 25.2. The molecule has 2 heterocycles. The van der Waals surface area contributed by atoms with Crippen LogP contribution in [0.15, 0.2) is 164 Å². The molecule has 0 spiro atoms. The summed E-state index contributed by atoms with van der Waals surface area (Å²) in [6.45, 7) is 0. The number of phenols is 1. The molecule has 0 unspecified atom stereocenters. The molecule has 0 aliphatic rings. The molecule has 0 saturated heterocycles. The first-order chi connectivity index (χ1) is 22.7. The molecule has 228 valence electrons. The van der Waals surface area contributed by atoms with Gasteiger partial charge in [0.15, 0.2) is 5.82 Å². The van der Waals surface area contributed by atoms with Crippen LogP contribution in [0, 0.1) is 6.07 Å². The second kappa shape index (κ2) is 13.0. The van der Waals surface area contributed by atoms with Crippen molar-refractivity contribution in [2.75, 3.05) is 0 Å². The van der Waals surface area contributed by atoms with Gasteiger partial charge in [0.2, 0.25) is 0 Å². The molecule has 0 aliphatic carbocycles. The first-order valence-electron chi connectivity index (χ1n) is 15.2. The molecule has 6 aromatic carbocycles. The van der Waals surface area contributed by atoms with E-state index in [0.29, 0.717) is 22.8 Å². The summed E-state index contributed by atoms with van der Waals surface area (Å²) in [7, 11) is 0. The minimum atomic E-state index is 0. The molecule has 8 aromatic rings. The number of hydrogen-bond donors (Lipinski definition) is 1. The largest absolute Gasteiger partial charge is 0.507 e. The number of phenolic OH excluding ortho intramolecular Hbond substituents is 1. The second-order valence-corrected chi connectivity index (χ2v) is 11.1. The number of fused-ring (bicyclic) bond motifs is 1. The number of nitrogens with zero attached hydrogens (tertiary/aromatic N) is 3. The van der Waals surface area contributed by atoms with Gasteiger partial charge in [-0.3, -0.25) is 4.57 Å². The van der Waals surface area contributed by atoms with Gasteiger partial charge in [0.05, 0.1) is 11.4 Å². The molecule has 4 nitrogen and oxygen atoms in total. The smallest absolute Gasteiger partial charge is 0.163 e. The van der Waals surface area contributed by atoms with Gasteiger partial charge in [0.25, 0.3) is 0 Å². The maximum absolute atomic E-state index is 10.7. The first-order valence-corrected chi connectivity index (χ1v) is 15.2. The van der Waals surface area contributed by atoms with E-state index in [4.69, 9.17) is 9.97 Å². The number of benzene rings is 6. The van der Waals surface area contributed by atoms with E-state index in [2.05, 4.69) is 108 Å². The van der Waals surface area contributed by atoms with E-state index in [0.717, 1.165) is 50.0 Å². The van der Waals surface area contributed by atoms with Crippen LogP contribution in [0.1, 0.15) is 0 Å². The molecule has 5 heteroatoms. The Morgan fingerprint density at radius 2 is 1.06 bits per heavy atom. The Balaban J connectivity index is 0.00000351. The van der Waals surface area contributed by atoms with Crippen LogP contribution in [0.2, 0.25) is 0 Å². The fourth-order valence-corrected chi connectivity index (χ4v) is 6.13. The fourth-order valence-electron chi connectivity index (χ4n) is 6.13. The van der Waals surface area contributed by atoms with Crippen molar-refractivity contribution in [3.63, 3.8) is 0 Å². The summed E-state index contributed by atoms with van der Waals surface area (Å²) >= 11 is 0. The molecule has 0 bridgehead atoms. The van der Waals surface area contributed by atoms with Crippen molar-refractivity contribution in [3.8, 4) is 67.7 Å². The molecule has 0 amide bonds. The average molecular weight is 786 g/mol. The van der Waals surface area contributed by atoms with Crippen LogP contribution >= 0.6 is 0 Å². The normalized spacial score (nSPS) is 10.9. The molecular formula is C42H28N3OPt-. The monoisotopic (exact) mass is 785 g/mol. The summed E-state index contributed by atoms with van der Waals surface area (Å²) in [6, 6.07) is 56.3. The third-order valence-corrected chi connectivity index (χ3v) is 8.28. The quantitative estimate of drug-likeness (QED) is 0.171. The van der Waals surface area contributed by atoms with Gasteiger partial charge < -0.3 is 5.11 Å². The van der Waals surface area contributed by atoms with Crippen molar-refractivity contribution in [2.45, 2.75) is 0 Å². The van der Waals surface area contributed by atoms with E-state index < -0.39 is 0 Å². The molecular weight excluding hydrogens is 758 g/mol. The predicted octanol–water partition coefficient (Wildman–Crippen LogP) is 10.3. The molecule has 8 rings (SSSR count). The molecule has 1 N–H and O–H groups in total. The summed E-state index contributed by atoms with van der Waals surface area (Å²) in [5.41, 5.74) is 9.21. The zero-order chi connectivity index (χ0) is 30.9. The van der Waals surface area contributed by atoms with E-state index in [1.807, 2.05) is 60.7 Å². The van der Waals surface area contributed by atoms with Gasteiger partial charge in [-0.1, -0.05) is 121 Å². The van der Waals surface area contributed by atoms with Crippen LogP contribution in [0.25, 0.3) is 72.7 Å². The summed E-state index contributed by atoms with van der Waals surface area (Å²) < 4.78 is 2.18. The molecule has 0 aliphatic heterocycles. The second-order valence-electron chi connectivity index (χ2n) is 11.1. The van der Waals surface area contributed by atoms with Gasteiger partial charge in [-0.2, -0.15) is 0 Å². The topological polar surface area (TPSA) is 50.9 Å². The number of para-hydroxylation sites is 2. The summed E-state index contributed by atoms with van der Waals surface area (Å²) in [4.78, 5) is 10.4. The van der Waals surface area contributed by atoms with Crippen molar-refractivity contribution < 1.29 is 26.2 Å². The third-order valence-electron chi connectivity index (χ3n) is 8.28. The average Bonchev–Trinajstić information content (AvgIpc) is 3.57. The third kappa shape index (κ3) is 5.69. The van der Waals surface area contributed by atoms with E-state index in [1.165, 1.54) is 0 Å². The number of rotatable bonds is 6. The van der Waals surface area contributed by atoms with Gasteiger partial charge >= 0.3 is 0 Å². The first kappa shape index (κ1) is 30.1. The van der Waals surface area contributed by atoms with Crippen molar-refractivity contribution in [1.82, 2.24) is 14.5 Å². The van der Waals surface area contributed by atoms with Crippen LogP contribution in [-0.4, -0.2) is 19.6 Å². The fraction of sp³-hybridized carbons (Fsp3) is 0. The molecule has 0 radical (unpaired) electrons. The Bertz CT molecular complexity index is 2270. The van der Waals surface area contributed by atoms with Crippen LogP contribution in [0.5, 0.6) is 5.75 Å². The Kier molecular flexibility index (Phi) is 8.35. The number of pyridine rings is 1. The molecule has 2 aromatic heterocycles. The number of aromatic hydroxyl groups is 1. The van der Waals surface area contributed by atoms with Crippen LogP contribution < -0.4 is 0 Å². The van der Waals surface area contributed by atoms with Crippen LogP contribution in [0.3, 0.4) is 0 Å². The van der Waals surface area contributed by atoms with Crippen LogP contribution in [-0.2, 0) is 21.1 Å². The van der Waals surface area contributed by atoms with Gasteiger partial charge in [-0.05, 0) is 35.4 Å².